The van der Waals surface area contributed by atoms with Crippen molar-refractivity contribution in [1.29, 1.82) is 0 Å². The molecular formula is C16H26N2O2. The molecule has 1 aromatic rings. The van der Waals surface area contributed by atoms with Gasteiger partial charge in [0.25, 0.3) is 0 Å². The van der Waals surface area contributed by atoms with Crippen LogP contribution in [-0.2, 0) is 11.2 Å². The highest BCUT2D eigenvalue weighted by atomic mass is 16.6. The second kappa shape index (κ2) is 7.29. The first kappa shape index (κ1) is 16.5. The monoisotopic (exact) mass is 278 g/mol. The van der Waals surface area contributed by atoms with Crippen molar-refractivity contribution < 1.29 is 9.53 Å². The van der Waals surface area contributed by atoms with Gasteiger partial charge in [0.05, 0.1) is 0 Å². The van der Waals surface area contributed by atoms with Crippen LogP contribution in [0.3, 0.4) is 0 Å². The molecule has 0 spiro atoms. The van der Waals surface area contributed by atoms with Crippen molar-refractivity contribution in [3.05, 3.63) is 35.4 Å². The molecule has 0 aliphatic heterocycles. The van der Waals surface area contributed by atoms with E-state index in [-0.39, 0.29) is 5.92 Å². The molecule has 0 fully saturated rings. The molecule has 0 heterocycles. The minimum atomic E-state index is -0.481. The quantitative estimate of drug-likeness (QED) is 0.870. The van der Waals surface area contributed by atoms with Crippen molar-refractivity contribution in [3.63, 3.8) is 0 Å². The second-order valence-corrected chi connectivity index (χ2v) is 5.91. The van der Waals surface area contributed by atoms with Crippen LogP contribution in [0.25, 0.3) is 0 Å². The maximum absolute atomic E-state index is 11.6. The van der Waals surface area contributed by atoms with Crippen LogP contribution >= 0.6 is 0 Å². The third-order valence-electron chi connectivity index (χ3n) is 3.04. The maximum Gasteiger partial charge on any atom is 0.407 e. The first-order valence-electron chi connectivity index (χ1n) is 7.11. The summed E-state index contributed by atoms with van der Waals surface area (Å²) in [6.07, 6.45) is 0.616. The van der Waals surface area contributed by atoms with Gasteiger partial charge in [-0.05, 0) is 38.3 Å². The van der Waals surface area contributed by atoms with Gasteiger partial charge < -0.3 is 15.8 Å². The maximum atomic E-state index is 11.6. The molecule has 112 valence electrons. The van der Waals surface area contributed by atoms with Gasteiger partial charge in [0, 0.05) is 19.0 Å². The molecular weight excluding hydrogens is 252 g/mol. The van der Waals surface area contributed by atoms with Gasteiger partial charge in [0.1, 0.15) is 5.60 Å². The average Bonchev–Trinajstić information content (AvgIpc) is 2.38. The molecule has 0 bridgehead atoms. The highest BCUT2D eigenvalue weighted by molar-refractivity contribution is 5.67. The smallest absolute Gasteiger partial charge is 0.407 e. The third-order valence-corrected chi connectivity index (χ3v) is 3.04. The number of carbonyl (C=O) groups is 1. The number of benzene rings is 1. The van der Waals surface area contributed by atoms with E-state index in [1.165, 1.54) is 5.56 Å². The van der Waals surface area contributed by atoms with E-state index in [4.69, 9.17) is 10.5 Å². The number of nitrogens with one attached hydrogen (secondary N) is 1. The van der Waals surface area contributed by atoms with Crippen molar-refractivity contribution in [3.8, 4) is 0 Å². The summed E-state index contributed by atoms with van der Waals surface area (Å²) in [6.45, 7) is 8.63. The number of carbonyl (C=O) groups excluding carboxylic acids is 1. The minimum Gasteiger partial charge on any atom is -0.444 e. The first-order chi connectivity index (χ1) is 9.35. The van der Waals surface area contributed by atoms with Crippen LogP contribution < -0.4 is 11.1 Å². The summed E-state index contributed by atoms with van der Waals surface area (Å²) in [5.41, 5.74) is 7.75. The zero-order valence-electron chi connectivity index (χ0n) is 12.9. The molecule has 3 N–H and O–H groups in total. The Balaban J connectivity index is 2.56. The van der Waals surface area contributed by atoms with Crippen LogP contribution in [0.2, 0.25) is 0 Å². The molecule has 0 radical (unpaired) electrons. The topological polar surface area (TPSA) is 64.3 Å². The SMILES string of the molecule is CCc1ccc(C(CN)CNC(=O)OC(C)(C)C)cc1. The number of rotatable bonds is 5. The molecule has 1 aromatic carbocycles. The first-order valence-corrected chi connectivity index (χ1v) is 7.11. The summed E-state index contributed by atoms with van der Waals surface area (Å²) < 4.78 is 5.21. The largest absolute Gasteiger partial charge is 0.444 e. The van der Waals surface area contributed by atoms with Crippen LogP contribution in [0.5, 0.6) is 0 Å². The molecule has 1 rings (SSSR count). The Morgan fingerprint density at radius 3 is 2.35 bits per heavy atom. The van der Waals surface area contributed by atoms with Gasteiger partial charge in [-0.2, -0.15) is 0 Å². The van der Waals surface area contributed by atoms with Crippen molar-refractivity contribution in [2.45, 2.75) is 45.6 Å². The Morgan fingerprint density at radius 2 is 1.90 bits per heavy atom. The van der Waals surface area contributed by atoms with Gasteiger partial charge in [-0.1, -0.05) is 31.2 Å². The summed E-state index contributed by atoms with van der Waals surface area (Å²) in [5.74, 6) is 0.105. The van der Waals surface area contributed by atoms with Gasteiger partial charge >= 0.3 is 6.09 Å². The van der Waals surface area contributed by atoms with Crippen molar-refractivity contribution in [2.24, 2.45) is 5.73 Å². The fraction of sp³-hybridized carbons (Fsp3) is 0.562. The summed E-state index contributed by atoms with van der Waals surface area (Å²) in [4.78, 5) is 11.6. The van der Waals surface area contributed by atoms with Gasteiger partial charge in [-0.25, -0.2) is 4.79 Å². The lowest BCUT2D eigenvalue weighted by Gasteiger charge is -2.21. The summed E-state index contributed by atoms with van der Waals surface area (Å²) in [6, 6.07) is 8.36. The Labute approximate surface area is 121 Å². The van der Waals surface area contributed by atoms with E-state index in [1.807, 2.05) is 20.8 Å². The molecule has 1 amide bonds. The molecule has 0 aliphatic carbocycles. The Bertz CT molecular complexity index is 421. The van der Waals surface area contributed by atoms with Crippen molar-refractivity contribution in [1.82, 2.24) is 5.32 Å². The van der Waals surface area contributed by atoms with Gasteiger partial charge in [-0.3, -0.25) is 0 Å². The summed E-state index contributed by atoms with van der Waals surface area (Å²) >= 11 is 0. The average molecular weight is 278 g/mol. The lowest BCUT2D eigenvalue weighted by molar-refractivity contribution is 0.0525. The molecule has 1 atom stereocenters. The predicted molar refractivity (Wildman–Crippen MR) is 81.9 cm³/mol. The van der Waals surface area contributed by atoms with Gasteiger partial charge in [0.15, 0.2) is 0 Å². The van der Waals surface area contributed by atoms with E-state index >= 15 is 0 Å². The number of amides is 1. The number of hydrogen-bond acceptors (Lipinski definition) is 3. The lowest BCUT2D eigenvalue weighted by Crippen LogP contribution is -2.36. The highest BCUT2D eigenvalue weighted by Gasteiger charge is 2.17. The van der Waals surface area contributed by atoms with Crippen molar-refractivity contribution in [2.75, 3.05) is 13.1 Å². The highest BCUT2D eigenvalue weighted by Crippen LogP contribution is 2.15. The lowest BCUT2D eigenvalue weighted by atomic mass is 9.97. The van der Waals surface area contributed by atoms with E-state index in [1.54, 1.807) is 0 Å². The van der Waals surface area contributed by atoms with E-state index in [0.29, 0.717) is 13.1 Å². The zero-order chi connectivity index (χ0) is 15.2. The second-order valence-electron chi connectivity index (χ2n) is 5.91. The predicted octanol–water partition coefficient (Wildman–Crippen LogP) is 2.82. The molecule has 1 unspecified atom stereocenters. The molecule has 20 heavy (non-hydrogen) atoms. The number of nitrogens with two attached hydrogens (primary N) is 1. The summed E-state index contributed by atoms with van der Waals surface area (Å²) in [7, 11) is 0. The Morgan fingerprint density at radius 1 is 1.30 bits per heavy atom. The van der Waals surface area contributed by atoms with Crippen LogP contribution in [0.15, 0.2) is 24.3 Å². The Kier molecular flexibility index (Phi) is 6.02. The molecule has 4 nitrogen and oxygen atoms in total. The van der Waals surface area contributed by atoms with Crippen LogP contribution in [-0.4, -0.2) is 24.8 Å². The number of ether oxygens (including phenoxy) is 1. The minimum absolute atomic E-state index is 0.105. The van der Waals surface area contributed by atoms with Gasteiger partial charge in [0.2, 0.25) is 0 Å². The van der Waals surface area contributed by atoms with Crippen LogP contribution in [0, 0.1) is 0 Å². The molecule has 0 saturated heterocycles. The summed E-state index contributed by atoms with van der Waals surface area (Å²) in [5, 5.41) is 2.78. The number of alkyl carbamates (subject to hydrolysis) is 1. The van der Waals surface area contributed by atoms with Gasteiger partial charge in [-0.15, -0.1) is 0 Å². The molecule has 0 aliphatic rings. The number of hydrogen-bond donors (Lipinski definition) is 2. The van der Waals surface area contributed by atoms with E-state index in [0.717, 1.165) is 12.0 Å². The number of aryl methyl sites for hydroxylation is 1. The van der Waals surface area contributed by atoms with Crippen LogP contribution in [0.4, 0.5) is 4.79 Å². The molecule has 0 aromatic heterocycles. The third kappa shape index (κ3) is 5.61. The normalized spacial score (nSPS) is 12.8. The molecule has 0 saturated carbocycles. The fourth-order valence-electron chi connectivity index (χ4n) is 1.88. The van der Waals surface area contributed by atoms with E-state index in [2.05, 4.69) is 36.5 Å². The Hall–Kier alpha value is -1.55. The zero-order valence-corrected chi connectivity index (χ0v) is 12.9. The van der Waals surface area contributed by atoms with Crippen LogP contribution in [0.1, 0.15) is 44.7 Å². The van der Waals surface area contributed by atoms with E-state index in [9.17, 15) is 4.79 Å². The standard InChI is InChI=1S/C16H26N2O2/c1-5-12-6-8-13(9-7-12)14(10-17)11-18-15(19)20-16(2,3)4/h6-9,14H,5,10-11,17H2,1-4H3,(H,18,19). The molecule has 4 heteroatoms. The van der Waals surface area contributed by atoms with Crippen molar-refractivity contribution >= 4 is 6.09 Å². The fourth-order valence-corrected chi connectivity index (χ4v) is 1.88. The van der Waals surface area contributed by atoms with E-state index < -0.39 is 11.7 Å².